The molecule has 1 aliphatic rings. The van der Waals surface area contributed by atoms with E-state index in [0.717, 1.165) is 12.1 Å². The van der Waals surface area contributed by atoms with Crippen molar-refractivity contribution in [2.24, 2.45) is 5.92 Å². The van der Waals surface area contributed by atoms with Gasteiger partial charge in [-0.2, -0.15) is 26.3 Å². The second-order valence-electron chi connectivity index (χ2n) is 7.42. The maximum Gasteiger partial charge on any atom is 0.416 e. The highest BCUT2D eigenvalue weighted by atomic mass is 32.1. The van der Waals surface area contributed by atoms with Gasteiger partial charge < -0.3 is 5.11 Å². The Morgan fingerprint density at radius 1 is 1.10 bits per heavy atom. The minimum atomic E-state index is -4.43. The Labute approximate surface area is 174 Å². The first-order chi connectivity index (χ1) is 14.0. The van der Waals surface area contributed by atoms with Crippen molar-refractivity contribution in [2.45, 2.75) is 51.2 Å². The molecule has 3 rings (SSSR count). The van der Waals surface area contributed by atoms with Crippen LogP contribution in [0.25, 0.3) is 10.6 Å². The summed E-state index contributed by atoms with van der Waals surface area (Å²) in [6, 6.07) is 4.63. The fraction of sp³-hybridized carbons (Fsp3) is 0.550. The molecular formula is C20H22F6N2OS. The molecule has 2 heterocycles. The smallest absolute Gasteiger partial charge is 0.388 e. The molecule has 1 aromatic carbocycles. The van der Waals surface area contributed by atoms with E-state index < -0.39 is 29.9 Å². The van der Waals surface area contributed by atoms with Crippen molar-refractivity contribution < 1.29 is 31.4 Å². The van der Waals surface area contributed by atoms with Crippen LogP contribution in [-0.4, -0.2) is 34.3 Å². The number of hydrogen-bond donors (Lipinski definition) is 1. The van der Waals surface area contributed by atoms with Crippen LogP contribution in [0.5, 0.6) is 0 Å². The van der Waals surface area contributed by atoms with Gasteiger partial charge in [-0.15, -0.1) is 11.3 Å². The third-order valence-electron chi connectivity index (χ3n) is 5.30. The van der Waals surface area contributed by atoms with Crippen LogP contribution in [0.3, 0.4) is 0 Å². The van der Waals surface area contributed by atoms with Crippen molar-refractivity contribution >= 4 is 11.3 Å². The lowest BCUT2D eigenvalue weighted by Gasteiger charge is -2.32. The van der Waals surface area contributed by atoms with Crippen LogP contribution >= 0.6 is 11.3 Å². The standard InChI is InChI=1S/C20H22F6N2OS/c1-2-16(29)17-15(11-28-9-7-14(8-10-28)20(24,25)26)27-18(30-17)12-3-5-13(6-4-12)19(21,22)23/h3-6,14,16,29H,2,7-11H2,1H3/t16-/m1/s1. The molecule has 1 saturated heterocycles. The van der Waals surface area contributed by atoms with Gasteiger partial charge in [0.05, 0.1) is 28.2 Å². The highest BCUT2D eigenvalue weighted by molar-refractivity contribution is 7.15. The first-order valence-electron chi connectivity index (χ1n) is 9.63. The molecular weight excluding hydrogens is 430 g/mol. The molecule has 0 saturated carbocycles. The SMILES string of the molecule is CC[C@@H](O)c1sc(-c2ccc(C(F)(F)F)cc2)nc1CN1CCC(C(F)(F)F)CC1. The van der Waals surface area contributed by atoms with Crippen molar-refractivity contribution in [3.05, 3.63) is 40.4 Å². The fourth-order valence-electron chi connectivity index (χ4n) is 3.48. The van der Waals surface area contributed by atoms with Crippen LogP contribution in [0.1, 0.15) is 48.4 Å². The highest BCUT2D eigenvalue weighted by Crippen LogP contribution is 2.38. The lowest BCUT2D eigenvalue weighted by atomic mass is 9.96. The fourth-order valence-corrected chi connectivity index (χ4v) is 4.63. The molecule has 0 radical (unpaired) electrons. The van der Waals surface area contributed by atoms with Crippen LogP contribution < -0.4 is 0 Å². The Hall–Kier alpha value is -1.65. The molecule has 0 bridgehead atoms. The minimum Gasteiger partial charge on any atom is -0.388 e. The van der Waals surface area contributed by atoms with Crippen LogP contribution in [0.15, 0.2) is 24.3 Å². The Kier molecular flexibility index (Phi) is 6.78. The number of aliphatic hydroxyl groups is 1. The summed E-state index contributed by atoms with van der Waals surface area (Å²) in [5.41, 5.74) is 0.304. The van der Waals surface area contributed by atoms with E-state index in [-0.39, 0.29) is 25.9 Å². The van der Waals surface area contributed by atoms with Crippen LogP contribution in [0, 0.1) is 5.92 Å². The number of aliphatic hydroxyl groups excluding tert-OH is 1. The normalized spacial score (nSPS) is 18.0. The van der Waals surface area contributed by atoms with Gasteiger partial charge in [0.25, 0.3) is 0 Å². The molecule has 166 valence electrons. The topological polar surface area (TPSA) is 36.4 Å². The molecule has 2 aromatic rings. The molecule has 0 amide bonds. The third-order valence-corrected chi connectivity index (χ3v) is 6.55. The predicted octanol–water partition coefficient (Wildman–Crippen LogP) is 6.05. The Bertz CT molecular complexity index is 838. The summed E-state index contributed by atoms with van der Waals surface area (Å²) in [4.78, 5) is 6.99. The van der Waals surface area contributed by atoms with E-state index in [1.165, 1.54) is 23.5 Å². The first-order valence-corrected chi connectivity index (χ1v) is 10.4. The van der Waals surface area contributed by atoms with Crippen LogP contribution in [0.2, 0.25) is 0 Å². The maximum absolute atomic E-state index is 12.9. The number of benzene rings is 1. The summed E-state index contributed by atoms with van der Waals surface area (Å²) in [6.45, 7) is 2.65. The Morgan fingerprint density at radius 2 is 1.70 bits per heavy atom. The molecule has 1 N–H and O–H groups in total. The van der Waals surface area contributed by atoms with Crippen molar-refractivity contribution in [2.75, 3.05) is 13.1 Å². The van der Waals surface area contributed by atoms with E-state index in [1.54, 1.807) is 6.92 Å². The van der Waals surface area contributed by atoms with Gasteiger partial charge in [-0.25, -0.2) is 4.98 Å². The predicted molar refractivity (Wildman–Crippen MR) is 102 cm³/mol. The largest absolute Gasteiger partial charge is 0.416 e. The molecule has 30 heavy (non-hydrogen) atoms. The van der Waals surface area contributed by atoms with Crippen LogP contribution in [-0.2, 0) is 12.7 Å². The quantitative estimate of drug-likeness (QED) is 0.562. The van der Waals surface area contributed by atoms with Crippen molar-refractivity contribution in [3.63, 3.8) is 0 Å². The van der Waals surface area contributed by atoms with E-state index in [1.807, 2.05) is 4.90 Å². The average Bonchev–Trinajstić information content (AvgIpc) is 3.10. The second-order valence-corrected chi connectivity index (χ2v) is 8.45. The summed E-state index contributed by atoms with van der Waals surface area (Å²) in [6.07, 6.45) is -8.94. The Morgan fingerprint density at radius 3 is 2.20 bits per heavy atom. The van der Waals surface area contributed by atoms with Crippen molar-refractivity contribution in [1.29, 1.82) is 0 Å². The van der Waals surface area contributed by atoms with E-state index >= 15 is 0 Å². The zero-order valence-corrected chi connectivity index (χ0v) is 17.0. The summed E-state index contributed by atoms with van der Waals surface area (Å²) < 4.78 is 77.0. The first kappa shape index (κ1) is 23.0. The molecule has 1 aromatic heterocycles. The average molecular weight is 452 g/mol. The van der Waals surface area contributed by atoms with Gasteiger partial charge in [0.15, 0.2) is 0 Å². The van der Waals surface area contributed by atoms with Gasteiger partial charge in [-0.1, -0.05) is 19.1 Å². The highest BCUT2D eigenvalue weighted by Gasteiger charge is 2.41. The molecule has 0 spiro atoms. The maximum atomic E-state index is 12.9. The van der Waals surface area contributed by atoms with Crippen molar-refractivity contribution in [3.8, 4) is 10.6 Å². The molecule has 1 fully saturated rings. The lowest BCUT2D eigenvalue weighted by molar-refractivity contribution is -0.185. The van der Waals surface area contributed by atoms with Gasteiger partial charge in [0, 0.05) is 12.1 Å². The van der Waals surface area contributed by atoms with E-state index in [9.17, 15) is 31.4 Å². The molecule has 0 unspecified atom stereocenters. The summed E-state index contributed by atoms with van der Waals surface area (Å²) in [5.74, 6) is -1.30. The van der Waals surface area contributed by atoms with E-state index in [4.69, 9.17) is 0 Å². The van der Waals surface area contributed by atoms with E-state index in [2.05, 4.69) is 4.98 Å². The number of likely N-dealkylation sites (tertiary alicyclic amines) is 1. The number of alkyl halides is 6. The molecule has 0 aliphatic carbocycles. The number of halogens is 6. The van der Waals surface area contributed by atoms with Gasteiger partial charge >= 0.3 is 12.4 Å². The molecule has 10 heteroatoms. The monoisotopic (exact) mass is 452 g/mol. The lowest BCUT2D eigenvalue weighted by Crippen LogP contribution is -2.38. The Balaban J connectivity index is 1.79. The summed E-state index contributed by atoms with van der Waals surface area (Å²) in [5, 5.41) is 10.8. The van der Waals surface area contributed by atoms with Crippen molar-refractivity contribution in [1.82, 2.24) is 9.88 Å². The number of hydrogen-bond acceptors (Lipinski definition) is 4. The second kappa shape index (κ2) is 8.84. The number of rotatable bonds is 5. The van der Waals surface area contributed by atoms with Gasteiger partial charge in [-0.05, 0) is 44.5 Å². The zero-order valence-electron chi connectivity index (χ0n) is 16.2. The number of nitrogens with zero attached hydrogens (tertiary/aromatic N) is 2. The zero-order chi connectivity index (χ0) is 22.1. The van der Waals surface area contributed by atoms with Gasteiger partial charge in [-0.3, -0.25) is 4.90 Å². The molecule has 3 nitrogen and oxygen atoms in total. The van der Waals surface area contributed by atoms with E-state index in [0.29, 0.717) is 34.1 Å². The summed E-state index contributed by atoms with van der Waals surface area (Å²) in [7, 11) is 0. The van der Waals surface area contributed by atoms with Gasteiger partial charge in [0.2, 0.25) is 0 Å². The summed E-state index contributed by atoms with van der Waals surface area (Å²) >= 11 is 1.20. The third kappa shape index (κ3) is 5.33. The molecule has 1 aliphatic heterocycles. The number of aromatic nitrogens is 1. The van der Waals surface area contributed by atoms with Crippen LogP contribution in [0.4, 0.5) is 26.3 Å². The molecule has 1 atom stereocenters. The number of piperidine rings is 1. The minimum absolute atomic E-state index is 0.0189. The number of thiazole rings is 1. The van der Waals surface area contributed by atoms with Gasteiger partial charge in [0.1, 0.15) is 5.01 Å².